The lowest BCUT2D eigenvalue weighted by molar-refractivity contribution is -0.144. The van der Waals surface area contributed by atoms with Gasteiger partial charge in [0, 0.05) is 12.5 Å². The number of carbonyl (C=O) groups is 1. The van der Waals surface area contributed by atoms with E-state index in [1.165, 1.54) is 18.2 Å². The summed E-state index contributed by atoms with van der Waals surface area (Å²) >= 11 is 0. The van der Waals surface area contributed by atoms with Gasteiger partial charge >= 0.3 is 5.97 Å². The van der Waals surface area contributed by atoms with Crippen LogP contribution >= 0.6 is 0 Å². The predicted molar refractivity (Wildman–Crippen MR) is 61.9 cm³/mol. The van der Waals surface area contributed by atoms with Crippen LogP contribution in [0.15, 0.2) is 18.2 Å². The highest BCUT2D eigenvalue weighted by molar-refractivity contribution is 5.87. The Bertz CT molecular complexity index is 486. The summed E-state index contributed by atoms with van der Waals surface area (Å²) in [6.45, 7) is 0.693. The van der Waals surface area contributed by atoms with E-state index in [1.807, 2.05) is 12.1 Å². The van der Waals surface area contributed by atoms with Crippen LogP contribution in [0.1, 0.15) is 23.5 Å². The van der Waals surface area contributed by atoms with Crippen LogP contribution in [-0.4, -0.2) is 25.7 Å². The minimum atomic E-state index is -0.462. The van der Waals surface area contributed by atoms with Gasteiger partial charge in [0.1, 0.15) is 11.3 Å². The lowest BCUT2D eigenvalue weighted by Gasteiger charge is -2.24. The molecule has 0 aromatic heterocycles. The molecule has 0 radical (unpaired) electrons. The summed E-state index contributed by atoms with van der Waals surface area (Å²) in [6, 6.07) is 6.04. The van der Waals surface area contributed by atoms with E-state index in [9.17, 15) is 4.79 Å². The lowest BCUT2D eigenvalue weighted by atomic mass is 9.95. The third kappa shape index (κ3) is 1.37. The van der Waals surface area contributed by atoms with Gasteiger partial charge in [0.2, 0.25) is 0 Å². The Morgan fingerprint density at radius 1 is 1.47 bits per heavy atom. The van der Waals surface area contributed by atoms with Crippen molar-refractivity contribution in [1.29, 1.82) is 0 Å². The number of methoxy groups -OCH3 is 2. The molecule has 1 aromatic carbocycles. The normalized spacial score (nSPS) is 28.9. The molecule has 3 rings (SSSR count). The minimum Gasteiger partial charge on any atom is -0.497 e. The zero-order chi connectivity index (χ0) is 12.0. The molecule has 90 valence electrons. The van der Waals surface area contributed by atoms with Crippen LogP contribution in [0.2, 0.25) is 0 Å². The van der Waals surface area contributed by atoms with E-state index in [4.69, 9.17) is 9.47 Å². The number of carbonyl (C=O) groups excluding carboxylic acids is 1. The summed E-state index contributed by atoms with van der Waals surface area (Å²) in [5.74, 6) is 0.963. The molecule has 17 heavy (non-hydrogen) atoms. The summed E-state index contributed by atoms with van der Waals surface area (Å²) in [7, 11) is 3.10. The van der Waals surface area contributed by atoms with Crippen LogP contribution in [0.3, 0.4) is 0 Å². The summed E-state index contributed by atoms with van der Waals surface area (Å²) in [4.78, 5) is 11.8. The minimum absolute atomic E-state index is 0.149. The van der Waals surface area contributed by atoms with Gasteiger partial charge in [-0.3, -0.25) is 10.1 Å². The Kier molecular flexibility index (Phi) is 2.16. The van der Waals surface area contributed by atoms with E-state index in [1.54, 1.807) is 7.11 Å². The van der Waals surface area contributed by atoms with Crippen LogP contribution in [0.4, 0.5) is 0 Å². The molecule has 1 aliphatic heterocycles. The molecule has 0 saturated heterocycles. The molecule has 0 amide bonds. The SMILES string of the molecule is COC(=O)[C@@]12C[C@H]1c1ccc(OC)cc1CN2. The number of benzene rings is 1. The molecule has 1 aliphatic carbocycles. The van der Waals surface area contributed by atoms with Crippen molar-refractivity contribution in [3.63, 3.8) is 0 Å². The van der Waals surface area contributed by atoms with Crippen molar-refractivity contribution in [2.24, 2.45) is 0 Å². The first kappa shape index (κ1) is 10.6. The first-order valence-corrected chi connectivity index (χ1v) is 5.71. The number of rotatable bonds is 2. The molecular weight excluding hydrogens is 218 g/mol. The van der Waals surface area contributed by atoms with Crippen molar-refractivity contribution in [3.05, 3.63) is 29.3 Å². The molecule has 1 aromatic rings. The Hall–Kier alpha value is -1.55. The van der Waals surface area contributed by atoms with Gasteiger partial charge in [-0.1, -0.05) is 6.07 Å². The fraction of sp³-hybridized carbons (Fsp3) is 0.462. The van der Waals surface area contributed by atoms with Crippen LogP contribution in [0, 0.1) is 0 Å². The average Bonchev–Trinajstić information content (AvgIpc) is 3.13. The highest BCUT2D eigenvalue weighted by Gasteiger charge is 2.63. The monoisotopic (exact) mass is 233 g/mol. The predicted octanol–water partition coefficient (Wildman–Crippen LogP) is 1.20. The van der Waals surface area contributed by atoms with Crippen molar-refractivity contribution in [1.82, 2.24) is 5.32 Å². The van der Waals surface area contributed by atoms with Crippen molar-refractivity contribution in [2.45, 2.75) is 24.4 Å². The maximum atomic E-state index is 11.8. The van der Waals surface area contributed by atoms with E-state index in [0.717, 1.165) is 12.2 Å². The van der Waals surface area contributed by atoms with Crippen molar-refractivity contribution < 1.29 is 14.3 Å². The van der Waals surface area contributed by atoms with E-state index in [2.05, 4.69) is 11.4 Å². The summed E-state index contributed by atoms with van der Waals surface area (Å²) in [6.07, 6.45) is 0.832. The highest BCUT2D eigenvalue weighted by atomic mass is 16.5. The molecule has 0 bridgehead atoms. The number of hydrogen-bond acceptors (Lipinski definition) is 4. The first-order valence-electron chi connectivity index (χ1n) is 5.71. The summed E-state index contributed by atoms with van der Waals surface area (Å²) in [5, 5.41) is 3.30. The lowest BCUT2D eigenvalue weighted by Crippen LogP contribution is -2.43. The number of fused-ring (bicyclic) bond motifs is 3. The molecule has 4 nitrogen and oxygen atoms in total. The number of ether oxygens (including phenoxy) is 2. The highest BCUT2D eigenvalue weighted by Crippen LogP contribution is 2.55. The largest absolute Gasteiger partial charge is 0.497 e. The Morgan fingerprint density at radius 2 is 2.29 bits per heavy atom. The smallest absolute Gasteiger partial charge is 0.326 e. The molecule has 0 spiro atoms. The van der Waals surface area contributed by atoms with Crippen molar-refractivity contribution >= 4 is 5.97 Å². The maximum absolute atomic E-state index is 11.8. The Balaban J connectivity index is 1.95. The van der Waals surface area contributed by atoms with E-state index >= 15 is 0 Å². The number of hydrogen-bond donors (Lipinski definition) is 1. The van der Waals surface area contributed by atoms with Crippen LogP contribution in [-0.2, 0) is 16.1 Å². The number of nitrogens with one attached hydrogen (secondary N) is 1. The van der Waals surface area contributed by atoms with Gasteiger partial charge in [0.05, 0.1) is 14.2 Å². The average molecular weight is 233 g/mol. The standard InChI is InChI=1S/C13H15NO3/c1-16-9-3-4-10-8(5-9)7-14-13(6-11(10)13)12(15)17-2/h3-5,11,14H,6-7H2,1-2H3/t11-,13+/m0/s1. The van der Waals surface area contributed by atoms with Gasteiger partial charge < -0.3 is 9.47 Å². The quantitative estimate of drug-likeness (QED) is 0.780. The van der Waals surface area contributed by atoms with E-state index in [-0.39, 0.29) is 11.9 Å². The molecule has 2 atom stereocenters. The molecule has 2 aliphatic rings. The van der Waals surface area contributed by atoms with Gasteiger partial charge in [-0.05, 0) is 29.7 Å². The Labute approximate surface area is 99.9 Å². The van der Waals surface area contributed by atoms with Gasteiger partial charge in [-0.2, -0.15) is 0 Å². The van der Waals surface area contributed by atoms with E-state index < -0.39 is 5.54 Å². The van der Waals surface area contributed by atoms with Gasteiger partial charge in [-0.25, -0.2) is 0 Å². The molecule has 0 unspecified atom stereocenters. The van der Waals surface area contributed by atoms with Gasteiger partial charge in [-0.15, -0.1) is 0 Å². The maximum Gasteiger partial charge on any atom is 0.326 e. The zero-order valence-electron chi connectivity index (χ0n) is 9.95. The van der Waals surface area contributed by atoms with Gasteiger partial charge in [0.15, 0.2) is 0 Å². The molecular formula is C13H15NO3. The summed E-state index contributed by atoms with van der Waals surface area (Å²) in [5.41, 5.74) is 2.00. The van der Waals surface area contributed by atoms with Crippen LogP contribution in [0.5, 0.6) is 5.75 Å². The fourth-order valence-electron chi connectivity index (χ4n) is 2.77. The third-order valence-electron chi connectivity index (χ3n) is 3.83. The second-order valence-corrected chi connectivity index (χ2v) is 4.64. The number of esters is 1. The molecule has 1 fully saturated rings. The molecule has 1 saturated carbocycles. The van der Waals surface area contributed by atoms with Crippen molar-refractivity contribution in [3.8, 4) is 5.75 Å². The van der Waals surface area contributed by atoms with Crippen molar-refractivity contribution in [2.75, 3.05) is 14.2 Å². The van der Waals surface area contributed by atoms with E-state index in [0.29, 0.717) is 6.54 Å². The topological polar surface area (TPSA) is 47.6 Å². The van der Waals surface area contributed by atoms with Crippen LogP contribution < -0.4 is 10.1 Å². The fourth-order valence-corrected chi connectivity index (χ4v) is 2.77. The molecule has 1 heterocycles. The zero-order valence-corrected chi connectivity index (χ0v) is 9.95. The Morgan fingerprint density at radius 3 is 3.00 bits per heavy atom. The third-order valence-corrected chi connectivity index (χ3v) is 3.83. The first-order chi connectivity index (χ1) is 8.21. The molecule has 1 N–H and O–H groups in total. The van der Waals surface area contributed by atoms with Crippen LogP contribution in [0.25, 0.3) is 0 Å². The van der Waals surface area contributed by atoms with Gasteiger partial charge in [0.25, 0.3) is 0 Å². The second-order valence-electron chi connectivity index (χ2n) is 4.64. The second kappa shape index (κ2) is 3.47. The summed E-state index contributed by atoms with van der Waals surface area (Å²) < 4.78 is 10.1. The molecule has 4 heteroatoms.